The van der Waals surface area contributed by atoms with Gasteiger partial charge in [-0.3, -0.25) is 4.79 Å². The van der Waals surface area contributed by atoms with Crippen molar-refractivity contribution in [1.82, 2.24) is 10.3 Å². The van der Waals surface area contributed by atoms with Crippen LogP contribution >= 0.6 is 22.9 Å². The van der Waals surface area contributed by atoms with Crippen LogP contribution in [0.5, 0.6) is 0 Å². The molecule has 5 heteroatoms. The molecule has 0 aliphatic heterocycles. The van der Waals surface area contributed by atoms with E-state index in [1.54, 1.807) is 11.3 Å². The highest BCUT2D eigenvalue weighted by Crippen LogP contribution is 2.28. The number of aryl methyl sites for hydroxylation is 1. The Morgan fingerprint density at radius 2 is 1.96 bits per heavy atom. The van der Waals surface area contributed by atoms with E-state index in [0.29, 0.717) is 5.56 Å². The summed E-state index contributed by atoms with van der Waals surface area (Å²) >= 11 is 7.83. The van der Waals surface area contributed by atoms with Gasteiger partial charge in [0.05, 0.1) is 6.04 Å². The lowest BCUT2D eigenvalue weighted by Crippen LogP contribution is -2.28. The van der Waals surface area contributed by atoms with E-state index < -0.39 is 0 Å². The first-order chi connectivity index (χ1) is 13.2. The van der Waals surface area contributed by atoms with Gasteiger partial charge in [0.1, 0.15) is 0 Å². The zero-order valence-corrected chi connectivity index (χ0v) is 16.2. The first-order valence-corrected chi connectivity index (χ1v) is 10.1. The van der Waals surface area contributed by atoms with E-state index in [9.17, 15) is 4.79 Å². The molecule has 1 unspecified atom stereocenters. The van der Waals surface area contributed by atoms with Crippen molar-refractivity contribution in [2.45, 2.75) is 18.9 Å². The van der Waals surface area contributed by atoms with Crippen molar-refractivity contribution in [3.63, 3.8) is 0 Å². The minimum atomic E-state index is -0.0454. The van der Waals surface area contributed by atoms with Crippen LogP contribution in [0.3, 0.4) is 0 Å². The summed E-state index contributed by atoms with van der Waals surface area (Å²) in [7, 11) is 0. The van der Waals surface area contributed by atoms with E-state index in [1.807, 2.05) is 66.2 Å². The van der Waals surface area contributed by atoms with Gasteiger partial charge < -0.3 is 10.3 Å². The van der Waals surface area contributed by atoms with Gasteiger partial charge in [0.15, 0.2) is 0 Å². The molecule has 0 saturated heterocycles. The summed E-state index contributed by atoms with van der Waals surface area (Å²) in [6.07, 6.45) is 3.70. The Balaban J connectivity index is 1.53. The van der Waals surface area contributed by atoms with Crippen LogP contribution in [-0.4, -0.2) is 10.9 Å². The van der Waals surface area contributed by atoms with Gasteiger partial charge in [-0.2, -0.15) is 0 Å². The van der Waals surface area contributed by atoms with E-state index in [1.165, 1.54) is 5.56 Å². The standard InChI is InChI=1S/C22H19ClN2OS/c23-17-9-11-19-18(13-17)16(14-24-19)8-10-20(21-7-4-12-27-21)25-22(26)15-5-2-1-3-6-15/h1-7,9,11-14,20,24H,8,10H2,(H,25,26). The quantitative estimate of drug-likeness (QED) is 0.414. The number of aromatic nitrogens is 1. The summed E-state index contributed by atoms with van der Waals surface area (Å²) in [6, 6.07) is 19.3. The molecule has 2 aromatic carbocycles. The van der Waals surface area contributed by atoms with Crippen LogP contribution < -0.4 is 5.32 Å². The minimum absolute atomic E-state index is 0.0261. The number of halogens is 1. The summed E-state index contributed by atoms with van der Waals surface area (Å²) in [6.45, 7) is 0. The lowest BCUT2D eigenvalue weighted by Gasteiger charge is -2.17. The SMILES string of the molecule is O=C(NC(CCc1c[nH]c2ccc(Cl)cc12)c1cccs1)c1ccccc1. The number of thiophene rings is 1. The molecule has 0 aliphatic carbocycles. The lowest BCUT2D eigenvalue weighted by molar-refractivity contribution is 0.0935. The predicted molar refractivity (Wildman–Crippen MR) is 113 cm³/mol. The average molecular weight is 395 g/mol. The molecule has 2 N–H and O–H groups in total. The first kappa shape index (κ1) is 17.8. The highest BCUT2D eigenvalue weighted by atomic mass is 35.5. The first-order valence-electron chi connectivity index (χ1n) is 8.85. The fourth-order valence-electron chi connectivity index (χ4n) is 3.26. The van der Waals surface area contributed by atoms with Crippen molar-refractivity contribution >= 4 is 39.7 Å². The number of nitrogens with one attached hydrogen (secondary N) is 2. The average Bonchev–Trinajstić information content (AvgIpc) is 3.36. The molecule has 4 rings (SSSR count). The Labute approximate surface area is 167 Å². The highest BCUT2D eigenvalue weighted by Gasteiger charge is 2.17. The molecule has 0 fully saturated rings. The van der Waals surface area contributed by atoms with E-state index in [0.717, 1.165) is 33.6 Å². The van der Waals surface area contributed by atoms with Gasteiger partial charge >= 0.3 is 0 Å². The monoisotopic (exact) mass is 394 g/mol. The number of amides is 1. The molecule has 0 bridgehead atoms. The molecule has 2 aromatic heterocycles. The normalized spacial score (nSPS) is 12.2. The fraction of sp³-hybridized carbons (Fsp3) is 0.136. The van der Waals surface area contributed by atoms with Gasteiger partial charge in [0.25, 0.3) is 5.91 Å². The number of rotatable bonds is 6. The number of H-pyrrole nitrogens is 1. The van der Waals surface area contributed by atoms with Crippen LogP contribution in [0.4, 0.5) is 0 Å². The zero-order valence-electron chi connectivity index (χ0n) is 14.6. The van der Waals surface area contributed by atoms with Crippen LogP contribution in [-0.2, 0) is 6.42 Å². The van der Waals surface area contributed by atoms with Gasteiger partial charge in [-0.25, -0.2) is 0 Å². The van der Waals surface area contributed by atoms with Crippen molar-refractivity contribution in [3.05, 3.63) is 93.3 Å². The molecular formula is C22H19ClN2OS. The Hall–Kier alpha value is -2.56. The third-order valence-electron chi connectivity index (χ3n) is 4.66. The molecule has 0 aliphatic rings. The number of fused-ring (bicyclic) bond motifs is 1. The topological polar surface area (TPSA) is 44.9 Å². The van der Waals surface area contributed by atoms with Crippen LogP contribution in [0.2, 0.25) is 5.02 Å². The summed E-state index contributed by atoms with van der Waals surface area (Å²) < 4.78 is 0. The van der Waals surface area contributed by atoms with Crippen molar-refractivity contribution in [1.29, 1.82) is 0 Å². The number of carbonyl (C=O) groups is 1. The van der Waals surface area contributed by atoms with Gasteiger partial charge in [-0.15, -0.1) is 11.3 Å². The molecule has 4 aromatic rings. The molecule has 3 nitrogen and oxygen atoms in total. The van der Waals surface area contributed by atoms with Gasteiger partial charge in [0, 0.05) is 32.6 Å². The smallest absolute Gasteiger partial charge is 0.251 e. The number of aromatic amines is 1. The van der Waals surface area contributed by atoms with Crippen LogP contribution in [0.25, 0.3) is 10.9 Å². The third-order valence-corrected chi connectivity index (χ3v) is 5.88. The van der Waals surface area contributed by atoms with Crippen molar-refractivity contribution < 1.29 is 4.79 Å². The van der Waals surface area contributed by atoms with Crippen LogP contribution in [0.1, 0.15) is 33.3 Å². The minimum Gasteiger partial charge on any atom is -0.361 e. The molecule has 0 saturated carbocycles. The number of carbonyl (C=O) groups excluding carboxylic acids is 1. The molecule has 27 heavy (non-hydrogen) atoms. The molecule has 136 valence electrons. The van der Waals surface area contributed by atoms with Gasteiger partial charge in [0.2, 0.25) is 0 Å². The largest absolute Gasteiger partial charge is 0.361 e. The fourth-order valence-corrected chi connectivity index (χ4v) is 4.25. The Kier molecular flexibility index (Phi) is 5.28. The van der Waals surface area contributed by atoms with Crippen molar-refractivity contribution in [2.24, 2.45) is 0 Å². The summed E-state index contributed by atoms with van der Waals surface area (Å²) in [5, 5.41) is 7.11. The van der Waals surface area contributed by atoms with E-state index in [2.05, 4.69) is 16.4 Å². The Bertz CT molecular complexity index is 1040. The van der Waals surface area contributed by atoms with E-state index >= 15 is 0 Å². The Morgan fingerprint density at radius 1 is 1.11 bits per heavy atom. The van der Waals surface area contributed by atoms with Crippen molar-refractivity contribution in [2.75, 3.05) is 0 Å². The van der Waals surface area contributed by atoms with Gasteiger partial charge in [-0.1, -0.05) is 35.9 Å². The molecule has 1 atom stereocenters. The maximum Gasteiger partial charge on any atom is 0.251 e. The molecule has 0 spiro atoms. The summed E-state index contributed by atoms with van der Waals surface area (Å²) in [4.78, 5) is 17.1. The number of hydrogen-bond donors (Lipinski definition) is 2. The van der Waals surface area contributed by atoms with Crippen molar-refractivity contribution in [3.8, 4) is 0 Å². The second kappa shape index (κ2) is 7.99. The molecule has 1 amide bonds. The third kappa shape index (κ3) is 4.07. The second-order valence-electron chi connectivity index (χ2n) is 6.45. The maximum absolute atomic E-state index is 12.6. The summed E-state index contributed by atoms with van der Waals surface area (Å²) in [5.41, 5.74) is 2.97. The van der Waals surface area contributed by atoms with E-state index in [4.69, 9.17) is 11.6 Å². The zero-order chi connectivity index (χ0) is 18.6. The van der Waals surface area contributed by atoms with Crippen LogP contribution in [0.15, 0.2) is 72.2 Å². The highest BCUT2D eigenvalue weighted by molar-refractivity contribution is 7.10. The molecule has 2 heterocycles. The Morgan fingerprint density at radius 3 is 2.74 bits per heavy atom. The maximum atomic E-state index is 12.6. The molecular weight excluding hydrogens is 376 g/mol. The number of hydrogen-bond acceptors (Lipinski definition) is 2. The lowest BCUT2D eigenvalue weighted by atomic mass is 10.0. The predicted octanol–water partition coefficient (Wildman–Crippen LogP) is 5.99. The molecule has 0 radical (unpaired) electrons. The van der Waals surface area contributed by atoms with E-state index in [-0.39, 0.29) is 11.9 Å². The van der Waals surface area contributed by atoms with Gasteiger partial charge in [-0.05, 0) is 60.2 Å². The second-order valence-corrected chi connectivity index (χ2v) is 7.87. The van der Waals surface area contributed by atoms with Crippen LogP contribution in [0, 0.1) is 0 Å². The number of benzene rings is 2. The summed E-state index contributed by atoms with van der Waals surface area (Å²) in [5.74, 6) is -0.0454.